The van der Waals surface area contributed by atoms with Crippen molar-refractivity contribution in [1.29, 1.82) is 0 Å². The standard InChI is InChI=1S/C16H24N2OS/c1-5-16(4)14(19)18(9-12-8-15(12,2)3)13(17-16)11-6-7-20-10-11/h6-7,10,12-13,17H,5,8-9H2,1-4H3. The molecule has 0 radical (unpaired) electrons. The molecule has 1 N–H and O–H groups in total. The van der Waals surface area contributed by atoms with Gasteiger partial charge in [-0.15, -0.1) is 0 Å². The summed E-state index contributed by atoms with van der Waals surface area (Å²) in [6.07, 6.45) is 2.11. The highest BCUT2D eigenvalue weighted by Crippen LogP contribution is 2.53. The van der Waals surface area contributed by atoms with Crippen LogP contribution in [-0.2, 0) is 4.79 Å². The molecule has 3 nitrogen and oxygen atoms in total. The largest absolute Gasteiger partial charge is 0.321 e. The molecular formula is C16H24N2OS. The van der Waals surface area contributed by atoms with Crippen LogP contribution in [-0.4, -0.2) is 22.9 Å². The second-order valence-electron chi connectivity index (χ2n) is 7.14. The first kappa shape index (κ1) is 14.1. The Hall–Kier alpha value is -0.870. The molecule has 110 valence electrons. The molecule has 3 atom stereocenters. The Morgan fingerprint density at radius 1 is 1.45 bits per heavy atom. The first-order valence-electron chi connectivity index (χ1n) is 7.48. The van der Waals surface area contributed by atoms with Crippen LogP contribution in [0.4, 0.5) is 0 Å². The van der Waals surface area contributed by atoms with Gasteiger partial charge in [-0.25, -0.2) is 0 Å². The molecule has 1 aliphatic heterocycles. The summed E-state index contributed by atoms with van der Waals surface area (Å²) in [4.78, 5) is 14.9. The highest BCUT2D eigenvalue weighted by Gasteiger charge is 2.52. The Bertz CT molecular complexity index is 511. The summed E-state index contributed by atoms with van der Waals surface area (Å²) in [6, 6.07) is 2.13. The minimum Gasteiger partial charge on any atom is -0.321 e. The van der Waals surface area contributed by atoms with Gasteiger partial charge in [0.05, 0.1) is 5.54 Å². The molecule has 3 unspecified atom stereocenters. The number of carbonyl (C=O) groups is 1. The van der Waals surface area contributed by atoms with Crippen LogP contribution in [0, 0.1) is 11.3 Å². The normalized spacial score (nSPS) is 35.6. The first-order chi connectivity index (χ1) is 9.37. The van der Waals surface area contributed by atoms with Crippen LogP contribution < -0.4 is 5.32 Å². The van der Waals surface area contributed by atoms with Crippen LogP contribution in [0.5, 0.6) is 0 Å². The van der Waals surface area contributed by atoms with Crippen LogP contribution in [0.2, 0.25) is 0 Å². The lowest BCUT2D eigenvalue weighted by molar-refractivity contribution is -0.133. The smallest absolute Gasteiger partial charge is 0.244 e. The van der Waals surface area contributed by atoms with Crippen molar-refractivity contribution in [2.75, 3.05) is 6.54 Å². The molecule has 2 fully saturated rings. The van der Waals surface area contributed by atoms with E-state index in [4.69, 9.17) is 0 Å². The van der Waals surface area contributed by atoms with E-state index in [1.54, 1.807) is 11.3 Å². The first-order valence-corrected chi connectivity index (χ1v) is 8.42. The van der Waals surface area contributed by atoms with Crippen LogP contribution in [0.1, 0.15) is 52.3 Å². The molecule has 2 aliphatic rings. The summed E-state index contributed by atoms with van der Waals surface area (Å²) in [7, 11) is 0. The number of amides is 1. The molecule has 1 saturated heterocycles. The molecule has 0 aromatic carbocycles. The van der Waals surface area contributed by atoms with Gasteiger partial charge in [0.2, 0.25) is 5.91 Å². The van der Waals surface area contributed by atoms with Gasteiger partial charge >= 0.3 is 0 Å². The minimum atomic E-state index is -0.411. The van der Waals surface area contributed by atoms with Crippen molar-refractivity contribution in [1.82, 2.24) is 10.2 Å². The van der Waals surface area contributed by atoms with Gasteiger partial charge in [-0.3, -0.25) is 10.1 Å². The van der Waals surface area contributed by atoms with E-state index < -0.39 is 5.54 Å². The SMILES string of the molecule is CCC1(C)NC(c2ccsc2)N(CC2CC2(C)C)C1=O. The van der Waals surface area contributed by atoms with Gasteiger partial charge < -0.3 is 4.90 Å². The predicted molar refractivity (Wildman–Crippen MR) is 82.5 cm³/mol. The van der Waals surface area contributed by atoms with Gasteiger partial charge in [0.15, 0.2) is 0 Å². The number of nitrogens with one attached hydrogen (secondary N) is 1. The fourth-order valence-electron chi connectivity index (χ4n) is 3.14. The Balaban J connectivity index is 1.85. The zero-order chi connectivity index (χ0) is 14.5. The fourth-order valence-corrected chi connectivity index (χ4v) is 3.82. The number of hydrogen-bond donors (Lipinski definition) is 1. The van der Waals surface area contributed by atoms with Crippen molar-refractivity contribution in [2.45, 2.75) is 52.2 Å². The Morgan fingerprint density at radius 3 is 2.65 bits per heavy atom. The van der Waals surface area contributed by atoms with Crippen LogP contribution in [0.3, 0.4) is 0 Å². The van der Waals surface area contributed by atoms with E-state index in [2.05, 4.69) is 47.8 Å². The molecule has 4 heteroatoms. The Morgan fingerprint density at radius 2 is 2.15 bits per heavy atom. The van der Waals surface area contributed by atoms with E-state index in [1.807, 2.05) is 6.92 Å². The van der Waals surface area contributed by atoms with E-state index in [0.29, 0.717) is 11.3 Å². The lowest BCUT2D eigenvalue weighted by Gasteiger charge is -2.24. The Labute approximate surface area is 125 Å². The molecule has 1 saturated carbocycles. The number of nitrogens with zero attached hydrogens (tertiary/aromatic N) is 1. The number of rotatable bonds is 4. The minimum absolute atomic E-state index is 0.0510. The maximum Gasteiger partial charge on any atom is 0.244 e. The summed E-state index contributed by atoms with van der Waals surface area (Å²) in [6.45, 7) is 9.59. The van der Waals surface area contributed by atoms with Crippen LogP contribution in [0.15, 0.2) is 16.8 Å². The second-order valence-corrected chi connectivity index (χ2v) is 7.92. The zero-order valence-electron chi connectivity index (χ0n) is 12.8. The monoisotopic (exact) mass is 292 g/mol. The third-order valence-corrected chi connectivity index (χ3v) is 5.90. The topological polar surface area (TPSA) is 32.3 Å². The molecule has 3 rings (SSSR count). The molecule has 20 heavy (non-hydrogen) atoms. The summed E-state index contributed by atoms with van der Waals surface area (Å²) in [5.41, 5.74) is 1.22. The summed E-state index contributed by atoms with van der Waals surface area (Å²) in [5, 5.41) is 7.80. The average molecular weight is 292 g/mol. The molecule has 2 heterocycles. The maximum atomic E-state index is 12.8. The Kier molecular flexibility index (Phi) is 3.22. The third kappa shape index (κ3) is 2.19. The summed E-state index contributed by atoms with van der Waals surface area (Å²) in [5.74, 6) is 0.910. The highest BCUT2D eigenvalue weighted by molar-refractivity contribution is 7.07. The third-order valence-electron chi connectivity index (χ3n) is 5.20. The maximum absolute atomic E-state index is 12.8. The lowest BCUT2D eigenvalue weighted by Crippen LogP contribution is -2.43. The number of hydrogen-bond acceptors (Lipinski definition) is 3. The molecule has 1 aromatic heterocycles. The van der Waals surface area contributed by atoms with E-state index in [9.17, 15) is 4.79 Å². The highest BCUT2D eigenvalue weighted by atomic mass is 32.1. The van der Waals surface area contributed by atoms with E-state index in [0.717, 1.165) is 13.0 Å². The molecule has 1 aromatic rings. The predicted octanol–water partition coefficient (Wildman–Crippen LogP) is 3.39. The number of carbonyl (C=O) groups excluding carboxylic acids is 1. The van der Waals surface area contributed by atoms with Crippen LogP contribution >= 0.6 is 11.3 Å². The van der Waals surface area contributed by atoms with Crippen molar-refractivity contribution in [3.05, 3.63) is 22.4 Å². The van der Waals surface area contributed by atoms with E-state index >= 15 is 0 Å². The molecule has 1 amide bonds. The van der Waals surface area contributed by atoms with Crippen molar-refractivity contribution >= 4 is 17.2 Å². The van der Waals surface area contributed by atoms with Crippen molar-refractivity contribution in [2.24, 2.45) is 11.3 Å². The fraction of sp³-hybridized carbons (Fsp3) is 0.688. The van der Waals surface area contributed by atoms with Gasteiger partial charge in [0.1, 0.15) is 6.17 Å². The van der Waals surface area contributed by atoms with Gasteiger partial charge in [-0.1, -0.05) is 20.8 Å². The second kappa shape index (κ2) is 4.57. The van der Waals surface area contributed by atoms with Gasteiger partial charge in [0, 0.05) is 6.54 Å². The van der Waals surface area contributed by atoms with Gasteiger partial charge in [-0.05, 0) is 53.5 Å². The van der Waals surface area contributed by atoms with Gasteiger partial charge in [-0.2, -0.15) is 11.3 Å². The molecular weight excluding hydrogens is 268 g/mol. The molecule has 0 spiro atoms. The van der Waals surface area contributed by atoms with Crippen LogP contribution in [0.25, 0.3) is 0 Å². The van der Waals surface area contributed by atoms with Crippen molar-refractivity contribution in [3.8, 4) is 0 Å². The van der Waals surface area contributed by atoms with E-state index in [1.165, 1.54) is 12.0 Å². The average Bonchev–Trinajstić information content (AvgIpc) is 2.82. The van der Waals surface area contributed by atoms with Crippen molar-refractivity contribution in [3.63, 3.8) is 0 Å². The van der Waals surface area contributed by atoms with Crippen molar-refractivity contribution < 1.29 is 4.79 Å². The van der Waals surface area contributed by atoms with Gasteiger partial charge in [0.25, 0.3) is 0 Å². The summed E-state index contributed by atoms with van der Waals surface area (Å²) < 4.78 is 0. The van der Waals surface area contributed by atoms with E-state index in [-0.39, 0.29) is 12.1 Å². The zero-order valence-corrected chi connectivity index (χ0v) is 13.6. The lowest BCUT2D eigenvalue weighted by atomic mass is 9.99. The molecule has 1 aliphatic carbocycles. The molecule has 0 bridgehead atoms. The number of thiophene rings is 1. The summed E-state index contributed by atoms with van der Waals surface area (Å²) >= 11 is 1.69. The quantitative estimate of drug-likeness (QED) is 0.922.